The quantitative estimate of drug-likeness (QED) is 0.477. The van der Waals surface area contributed by atoms with E-state index in [2.05, 4.69) is 32.3 Å². The summed E-state index contributed by atoms with van der Waals surface area (Å²) in [5, 5.41) is 13.6. The first-order valence-electron chi connectivity index (χ1n) is 12.9. The molecule has 0 unspecified atom stereocenters. The number of tetrazole rings is 1. The summed E-state index contributed by atoms with van der Waals surface area (Å²) in [5.74, 6) is 2.14. The molecule has 192 valence electrons. The Balaban J connectivity index is 1.31. The van der Waals surface area contributed by atoms with Gasteiger partial charge in [0.15, 0.2) is 17.3 Å². The van der Waals surface area contributed by atoms with E-state index in [4.69, 9.17) is 18.9 Å². The number of rotatable bonds is 9. The van der Waals surface area contributed by atoms with Gasteiger partial charge in [0.05, 0.1) is 30.3 Å². The summed E-state index contributed by atoms with van der Waals surface area (Å²) < 4.78 is 24.7. The Bertz CT molecular complexity index is 1260. The lowest BCUT2D eigenvalue weighted by Gasteiger charge is -2.32. The van der Waals surface area contributed by atoms with Crippen LogP contribution in [0.1, 0.15) is 56.5 Å². The molecule has 0 aliphatic carbocycles. The Morgan fingerprint density at radius 2 is 1.89 bits per heavy atom. The Kier molecular flexibility index (Phi) is 6.60. The summed E-state index contributed by atoms with van der Waals surface area (Å²) in [6.45, 7) is 5.66. The summed E-state index contributed by atoms with van der Waals surface area (Å²) in [7, 11) is 0. The van der Waals surface area contributed by atoms with Crippen molar-refractivity contribution in [3.63, 3.8) is 0 Å². The third-order valence-electron chi connectivity index (χ3n) is 7.34. The van der Waals surface area contributed by atoms with Crippen molar-refractivity contribution >= 4 is 10.9 Å². The van der Waals surface area contributed by atoms with Gasteiger partial charge in [0.2, 0.25) is 6.79 Å². The molecule has 3 atom stereocenters. The molecule has 2 saturated heterocycles. The molecule has 0 radical (unpaired) electrons. The van der Waals surface area contributed by atoms with Gasteiger partial charge in [-0.3, -0.25) is 9.69 Å². The first-order chi connectivity index (χ1) is 17.7. The number of fused-ring (bicyclic) bond motifs is 2. The van der Waals surface area contributed by atoms with Crippen molar-refractivity contribution in [3.8, 4) is 11.5 Å². The highest BCUT2D eigenvalue weighted by molar-refractivity contribution is 5.83. The number of nitrogens with one attached hydrogen (secondary N) is 1. The van der Waals surface area contributed by atoms with E-state index in [0.717, 1.165) is 62.0 Å². The molecule has 11 heteroatoms. The number of H-pyrrole nitrogens is 1. The topological polar surface area (TPSA) is 117 Å². The summed E-state index contributed by atoms with van der Waals surface area (Å²) in [5.41, 5.74) is 1.29. The largest absolute Gasteiger partial charge is 0.454 e. The van der Waals surface area contributed by atoms with Gasteiger partial charge in [-0.15, -0.1) is 5.10 Å². The van der Waals surface area contributed by atoms with Crippen LogP contribution in [0.3, 0.4) is 0 Å². The van der Waals surface area contributed by atoms with Crippen LogP contribution in [0.15, 0.2) is 23.0 Å². The van der Waals surface area contributed by atoms with Crippen molar-refractivity contribution in [2.24, 2.45) is 0 Å². The third kappa shape index (κ3) is 4.70. The van der Waals surface area contributed by atoms with E-state index in [-0.39, 0.29) is 30.6 Å². The zero-order chi connectivity index (χ0) is 24.5. The van der Waals surface area contributed by atoms with Gasteiger partial charge in [-0.05, 0) is 54.7 Å². The smallest absolute Gasteiger partial charge is 0.252 e. The van der Waals surface area contributed by atoms with E-state index in [1.807, 2.05) is 22.9 Å². The highest BCUT2D eigenvalue weighted by atomic mass is 16.7. The summed E-state index contributed by atoms with van der Waals surface area (Å²) in [6, 6.07) is 5.61. The normalized spacial score (nSPS) is 22.2. The van der Waals surface area contributed by atoms with Crippen LogP contribution in [0.25, 0.3) is 10.9 Å². The Hall–Kier alpha value is -3.02. The number of ether oxygens (including phenoxy) is 4. The number of aromatic nitrogens is 5. The molecule has 6 rings (SSSR count). The minimum Gasteiger partial charge on any atom is -0.454 e. The molecule has 11 nitrogen and oxygen atoms in total. The number of hydrogen-bond acceptors (Lipinski definition) is 9. The average Bonchev–Trinajstić information content (AvgIpc) is 3.68. The Morgan fingerprint density at radius 1 is 1.11 bits per heavy atom. The highest BCUT2D eigenvalue weighted by Gasteiger charge is 2.30. The van der Waals surface area contributed by atoms with Gasteiger partial charge in [-0.25, -0.2) is 4.68 Å². The van der Waals surface area contributed by atoms with Gasteiger partial charge in [0.1, 0.15) is 0 Å². The summed E-state index contributed by atoms with van der Waals surface area (Å²) in [6.07, 6.45) is 5.18. The summed E-state index contributed by atoms with van der Waals surface area (Å²) >= 11 is 0. The Morgan fingerprint density at radius 3 is 2.64 bits per heavy atom. The van der Waals surface area contributed by atoms with Crippen molar-refractivity contribution in [2.75, 3.05) is 26.6 Å². The molecule has 1 N–H and O–H groups in total. The number of nitrogens with zero attached hydrogens (tertiary/aromatic N) is 5. The van der Waals surface area contributed by atoms with Gasteiger partial charge >= 0.3 is 0 Å². The number of benzene rings is 1. The van der Waals surface area contributed by atoms with Gasteiger partial charge in [0.25, 0.3) is 5.56 Å². The minimum atomic E-state index is -0.118. The fourth-order valence-electron chi connectivity index (χ4n) is 5.49. The van der Waals surface area contributed by atoms with Gasteiger partial charge in [0, 0.05) is 43.3 Å². The highest BCUT2D eigenvalue weighted by Crippen LogP contribution is 2.35. The van der Waals surface area contributed by atoms with Crippen LogP contribution in [0.5, 0.6) is 11.5 Å². The molecule has 2 aromatic heterocycles. The molecule has 3 aliphatic heterocycles. The number of aromatic amines is 1. The van der Waals surface area contributed by atoms with E-state index in [0.29, 0.717) is 36.7 Å². The van der Waals surface area contributed by atoms with E-state index in [1.165, 1.54) is 0 Å². The molecule has 1 aromatic carbocycles. The van der Waals surface area contributed by atoms with Crippen LogP contribution < -0.4 is 15.0 Å². The molecular weight excluding hydrogens is 464 g/mol. The predicted molar refractivity (Wildman–Crippen MR) is 130 cm³/mol. The first-order valence-corrected chi connectivity index (χ1v) is 12.9. The van der Waals surface area contributed by atoms with Gasteiger partial charge in [-0.2, -0.15) is 0 Å². The maximum Gasteiger partial charge on any atom is 0.252 e. The Labute approximate surface area is 208 Å². The van der Waals surface area contributed by atoms with E-state index < -0.39 is 0 Å². The SMILES string of the molecule is CC[C@H](c1nnnn1C[C@H]1CCCO1)N(Cc1cc2cc3c(cc2[nH]c1=O)OCO3)C[C@@H]1CCCO1. The molecule has 2 fully saturated rings. The predicted octanol–water partition coefficient (Wildman–Crippen LogP) is 2.55. The van der Waals surface area contributed by atoms with Gasteiger partial charge < -0.3 is 23.9 Å². The average molecular weight is 497 g/mol. The molecule has 3 aliphatic rings. The second-order valence-electron chi connectivity index (χ2n) is 9.76. The van der Waals surface area contributed by atoms with Crippen LogP contribution in [-0.2, 0) is 22.6 Å². The lowest BCUT2D eigenvalue weighted by molar-refractivity contribution is 0.0470. The maximum absolute atomic E-state index is 13.2. The molecule has 5 heterocycles. The molecule has 3 aromatic rings. The second kappa shape index (κ2) is 10.2. The number of pyridine rings is 1. The molecule has 36 heavy (non-hydrogen) atoms. The van der Waals surface area contributed by atoms with Crippen LogP contribution in [-0.4, -0.2) is 68.9 Å². The van der Waals surface area contributed by atoms with Crippen LogP contribution in [0.2, 0.25) is 0 Å². The maximum atomic E-state index is 13.2. The number of hydrogen-bond donors (Lipinski definition) is 1. The van der Waals surface area contributed by atoms with Crippen molar-refractivity contribution in [1.82, 2.24) is 30.1 Å². The fourth-order valence-corrected chi connectivity index (χ4v) is 5.49. The van der Waals surface area contributed by atoms with Crippen LogP contribution in [0, 0.1) is 0 Å². The van der Waals surface area contributed by atoms with E-state index in [9.17, 15) is 4.79 Å². The third-order valence-corrected chi connectivity index (χ3v) is 7.34. The lowest BCUT2D eigenvalue weighted by atomic mass is 10.1. The molecular formula is C25H32N6O5. The molecule has 0 bridgehead atoms. The van der Waals surface area contributed by atoms with Crippen molar-refractivity contribution in [2.45, 2.75) is 70.4 Å². The second-order valence-corrected chi connectivity index (χ2v) is 9.76. The van der Waals surface area contributed by atoms with Crippen molar-refractivity contribution in [3.05, 3.63) is 39.9 Å². The van der Waals surface area contributed by atoms with Crippen molar-refractivity contribution in [1.29, 1.82) is 0 Å². The minimum absolute atomic E-state index is 0.0718. The van der Waals surface area contributed by atoms with Gasteiger partial charge in [-0.1, -0.05) is 6.92 Å². The monoisotopic (exact) mass is 496 g/mol. The van der Waals surface area contributed by atoms with E-state index >= 15 is 0 Å². The molecule has 0 amide bonds. The van der Waals surface area contributed by atoms with Crippen molar-refractivity contribution < 1.29 is 18.9 Å². The zero-order valence-corrected chi connectivity index (χ0v) is 20.5. The first kappa shape index (κ1) is 23.4. The van der Waals surface area contributed by atoms with E-state index in [1.54, 1.807) is 0 Å². The summed E-state index contributed by atoms with van der Waals surface area (Å²) in [4.78, 5) is 18.5. The molecule has 0 spiro atoms. The fraction of sp³-hybridized carbons (Fsp3) is 0.600. The molecule has 0 saturated carbocycles. The standard InChI is InChI=1S/C25H32N6O5/c1-2-21(24-27-28-29-31(24)14-19-6-4-8-34-19)30(13-18-5-3-7-33-18)12-17-9-16-10-22-23(36-15-35-22)11-20(16)26-25(17)32/h9-11,18-19,21H,2-8,12-15H2,1H3,(H,26,32)/t18-,19+,21+/m0/s1. The van der Waals surface area contributed by atoms with Crippen LogP contribution in [0.4, 0.5) is 0 Å². The van der Waals surface area contributed by atoms with Crippen LogP contribution >= 0.6 is 0 Å². The zero-order valence-electron chi connectivity index (χ0n) is 20.5. The lowest BCUT2D eigenvalue weighted by Crippen LogP contribution is -2.38.